The van der Waals surface area contributed by atoms with E-state index < -0.39 is 0 Å². The molecule has 1 nitrogen and oxygen atoms in total. The van der Waals surface area contributed by atoms with Crippen molar-refractivity contribution in [2.24, 2.45) is 0 Å². The van der Waals surface area contributed by atoms with Crippen molar-refractivity contribution in [2.75, 3.05) is 0 Å². The largest absolute Gasteiger partial charge is 0.311 e. The maximum absolute atomic E-state index is 2.93. The van der Waals surface area contributed by atoms with Gasteiger partial charge in [-0.15, -0.1) is 0 Å². The minimum absolute atomic E-state index is 0.0406. The summed E-state index contributed by atoms with van der Waals surface area (Å²) in [5.41, 5.74) is 27.1. The number of rotatable bonds is 4. The number of fused-ring (bicyclic) bond motifs is 9. The molecule has 3 heterocycles. The second-order valence-electron chi connectivity index (χ2n) is 23.5. The summed E-state index contributed by atoms with van der Waals surface area (Å²) >= 11 is 0. The van der Waals surface area contributed by atoms with Crippen molar-refractivity contribution < 1.29 is 0 Å². The third kappa shape index (κ3) is 5.14. The van der Waals surface area contributed by atoms with E-state index in [4.69, 9.17) is 0 Å². The molecule has 11 aromatic carbocycles. The number of nitrogens with zero attached hydrogens (tertiary/aromatic N) is 1. The Kier molecular flexibility index (Phi) is 8.16. The SMILES string of the molecule is Cc1cc2c3c(c1)B(c1c4ccccc4c(-c4ccccc4)c4ccccc14)c1c4c(cc5c6cc7c(c(c6n-3c15)B2c1c2ccccc2c(-c2ccccc2)c2ccccc12)C1CCC7CC1)C1CCC4CC1. The Morgan fingerprint density at radius 2 is 0.662 bits per heavy atom. The van der Waals surface area contributed by atoms with Crippen LogP contribution in [-0.2, 0) is 0 Å². The molecule has 4 bridgehead atoms. The van der Waals surface area contributed by atoms with Crippen LogP contribution in [0.4, 0.5) is 0 Å². The maximum atomic E-state index is 2.93. The van der Waals surface area contributed by atoms with Gasteiger partial charge in [0.2, 0.25) is 13.4 Å². The van der Waals surface area contributed by atoms with Crippen LogP contribution >= 0.6 is 0 Å². The minimum atomic E-state index is 0.0406. The third-order valence-corrected chi connectivity index (χ3v) is 20.1. The molecule has 12 aromatic rings. The van der Waals surface area contributed by atoms with E-state index in [9.17, 15) is 0 Å². The molecule has 6 aliphatic carbocycles. The number of benzene rings is 11. The summed E-state index contributed by atoms with van der Waals surface area (Å²) in [7, 11) is 0. The molecule has 2 saturated carbocycles. The van der Waals surface area contributed by atoms with Crippen LogP contribution in [-0.4, -0.2) is 18.0 Å². The molecule has 0 amide bonds. The second kappa shape index (κ2) is 14.8. The Morgan fingerprint density at radius 1 is 0.338 bits per heavy atom. The van der Waals surface area contributed by atoms with Crippen LogP contribution in [0.5, 0.6) is 0 Å². The monoisotopic (exact) mass is 941 g/mol. The first-order chi connectivity index (χ1) is 36.7. The summed E-state index contributed by atoms with van der Waals surface area (Å²) in [4.78, 5) is 0. The average molecular weight is 942 g/mol. The van der Waals surface area contributed by atoms with Crippen LogP contribution in [0.25, 0.3) is 92.8 Å². The Hall–Kier alpha value is -7.61. The molecule has 8 aliphatic rings. The smallest absolute Gasteiger partial charge is 0.248 e. The molecule has 20 rings (SSSR count). The van der Waals surface area contributed by atoms with E-state index in [1.165, 1.54) is 172 Å². The van der Waals surface area contributed by atoms with Gasteiger partial charge in [0.25, 0.3) is 0 Å². The lowest BCUT2D eigenvalue weighted by molar-refractivity contribution is 0.360. The van der Waals surface area contributed by atoms with Gasteiger partial charge in [-0.2, -0.15) is 0 Å². The fourth-order valence-corrected chi connectivity index (χ4v) is 17.5. The lowest BCUT2D eigenvalue weighted by Gasteiger charge is -2.44. The van der Waals surface area contributed by atoms with Crippen molar-refractivity contribution in [2.45, 2.75) is 82.0 Å². The maximum Gasteiger partial charge on any atom is 0.248 e. The highest BCUT2D eigenvalue weighted by molar-refractivity contribution is 7.05. The van der Waals surface area contributed by atoms with E-state index in [2.05, 4.69) is 193 Å². The van der Waals surface area contributed by atoms with Gasteiger partial charge in [0.15, 0.2) is 0 Å². The van der Waals surface area contributed by atoms with Crippen LogP contribution in [0.15, 0.2) is 182 Å². The van der Waals surface area contributed by atoms with E-state index in [1.54, 1.807) is 33.2 Å². The predicted molar refractivity (Wildman–Crippen MR) is 317 cm³/mol. The molecular formula is C71H53B2N. The first-order valence-electron chi connectivity index (χ1n) is 28.0. The van der Waals surface area contributed by atoms with E-state index in [0.29, 0.717) is 23.7 Å². The Morgan fingerprint density at radius 3 is 1.03 bits per heavy atom. The molecule has 2 fully saturated rings. The van der Waals surface area contributed by atoms with Crippen molar-refractivity contribution in [1.82, 2.24) is 4.57 Å². The van der Waals surface area contributed by atoms with Crippen LogP contribution < -0.4 is 32.8 Å². The number of hydrogen-bond acceptors (Lipinski definition) is 0. The summed E-state index contributed by atoms with van der Waals surface area (Å²) < 4.78 is 2.93. The summed E-state index contributed by atoms with van der Waals surface area (Å²) in [6.07, 6.45) is 10.5. The van der Waals surface area contributed by atoms with Gasteiger partial charge in [0.05, 0.1) is 0 Å². The van der Waals surface area contributed by atoms with Gasteiger partial charge in [-0.25, -0.2) is 0 Å². The fraction of sp³-hybridized carbons (Fsp3) is 0.183. The highest BCUT2D eigenvalue weighted by Crippen LogP contribution is 2.55. The molecule has 0 radical (unpaired) electrons. The van der Waals surface area contributed by atoms with E-state index in [0.717, 1.165) is 0 Å². The Bertz CT molecular complexity index is 4080. The van der Waals surface area contributed by atoms with Gasteiger partial charge in [-0.1, -0.05) is 186 Å². The molecule has 2 aliphatic heterocycles. The molecule has 1 aromatic heterocycles. The van der Waals surface area contributed by atoms with Gasteiger partial charge in [-0.3, -0.25) is 0 Å². The van der Waals surface area contributed by atoms with Crippen LogP contribution in [0.2, 0.25) is 0 Å². The van der Waals surface area contributed by atoms with Gasteiger partial charge in [-0.05, 0) is 204 Å². The van der Waals surface area contributed by atoms with Crippen molar-refractivity contribution >= 4 is 111 Å². The summed E-state index contributed by atoms with van der Waals surface area (Å²) in [5.74, 6) is 2.39. The molecule has 0 saturated heterocycles. The molecule has 0 spiro atoms. The molecule has 348 valence electrons. The van der Waals surface area contributed by atoms with Crippen LogP contribution in [0, 0.1) is 6.92 Å². The van der Waals surface area contributed by atoms with Gasteiger partial charge < -0.3 is 4.57 Å². The second-order valence-corrected chi connectivity index (χ2v) is 23.5. The number of hydrogen-bond donors (Lipinski definition) is 0. The normalized spacial score (nSPS) is 19.7. The summed E-state index contributed by atoms with van der Waals surface area (Å²) in [6, 6.07) is 71.3. The molecule has 0 unspecified atom stereocenters. The van der Waals surface area contributed by atoms with Gasteiger partial charge >= 0.3 is 0 Å². The van der Waals surface area contributed by atoms with E-state index >= 15 is 0 Å². The van der Waals surface area contributed by atoms with Crippen LogP contribution in [0.3, 0.4) is 0 Å². The molecule has 0 atom stereocenters. The number of aromatic nitrogens is 1. The summed E-state index contributed by atoms with van der Waals surface area (Å²) in [6.45, 7) is 2.50. The predicted octanol–water partition coefficient (Wildman–Crippen LogP) is 14.2. The number of aryl methyl sites for hydroxylation is 1. The van der Waals surface area contributed by atoms with Crippen molar-refractivity contribution in [3.63, 3.8) is 0 Å². The molecule has 0 N–H and O–H groups in total. The lowest BCUT2D eigenvalue weighted by Crippen LogP contribution is -2.65. The first kappa shape index (κ1) is 40.8. The highest BCUT2D eigenvalue weighted by atomic mass is 15.0. The summed E-state index contributed by atoms with van der Waals surface area (Å²) in [5, 5.41) is 14.0. The Balaban J connectivity index is 1.07. The highest BCUT2D eigenvalue weighted by Gasteiger charge is 2.50. The zero-order chi connectivity index (χ0) is 48.1. The van der Waals surface area contributed by atoms with Crippen molar-refractivity contribution in [1.29, 1.82) is 0 Å². The topological polar surface area (TPSA) is 4.93 Å². The lowest BCUT2D eigenvalue weighted by atomic mass is 9.29. The molecule has 3 heteroatoms. The zero-order valence-electron chi connectivity index (χ0n) is 41.9. The van der Waals surface area contributed by atoms with Crippen molar-refractivity contribution in [3.05, 3.63) is 210 Å². The van der Waals surface area contributed by atoms with E-state index in [1.807, 2.05) is 0 Å². The first-order valence-corrected chi connectivity index (χ1v) is 28.0. The fourth-order valence-electron chi connectivity index (χ4n) is 17.5. The van der Waals surface area contributed by atoms with E-state index in [-0.39, 0.29) is 13.4 Å². The third-order valence-electron chi connectivity index (χ3n) is 20.1. The standard InChI is InChI=1S/C71H53B2N/c1-40-36-59-71-60(37-40)73(66-53-26-14-10-22-49(53)62(44-18-6-3-7-19-44)50-23-11-15-27-54(50)66)68-64-46-34-30-42(31-35-46)56(64)39-58-57-38-55-41-28-32-45(33-29-41)63(55)67(69(57)74(71)70(58)68)72(59)65-51-24-12-8-20-47(51)61(43-16-4-2-5-17-43)48-21-9-13-25-52(48)65/h2-27,36-39,41-42,45-46H,28-35H2,1H3. The van der Waals surface area contributed by atoms with Crippen molar-refractivity contribution in [3.8, 4) is 27.9 Å². The molecular weight excluding hydrogens is 888 g/mol. The average Bonchev–Trinajstić information content (AvgIpc) is 3.88. The Labute approximate surface area is 433 Å². The zero-order valence-corrected chi connectivity index (χ0v) is 41.9. The molecule has 74 heavy (non-hydrogen) atoms. The van der Waals surface area contributed by atoms with Crippen LogP contribution in [0.1, 0.15) is 103 Å². The van der Waals surface area contributed by atoms with Gasteiger partial charge in [0, 0.05) is 27.5 Å². The quantitative estimate of drug-likeness (QED) is 0.122. The van der Waals surface area contributed by atoms with Gasteiger partial charge in [0.1, 0.15) is 0 Å². The minimum Gasteiger partial charge on any atom is -0.311 e.